The molecule has 0 aliphatic carbocycles. The molecule has 1 heterocycles. The molecule has 21 heavy (non-hydrogen) atoms. The predicted molar refractivity (Wildman–Crippen MR) is 75.8 cm³/mol. The second-order valence-electron chi connectivity index (χ2n) is 5.06. The van der Waals surface area contributed by atoms with Gasteiger partial charge in [0.2, 0.25) is 0 Å². The number of amides is 1. The highest BCUT2D eigenvalue weighted by Gasteiger charge is 2.40. The van der Waals surface area contributed by atoms with Crippen LogP contribution in [-0.4, -0.2) is 10.8 Å². The maximum atomic E-state index is 13.4. The van der Waals surface area contributed by atoms with Gasteiger partial charge in [-0.2, -0.15) is 5.26 Å². The Balaban J connectivity index is 2.05. The van der Waals surface area contributed by atoms with Gasteiger partial charge in [-0.3, -0.25) is 4.79 Å². The lowest BCUT2D eigenvalue weighted by molar-refractivity contribution is 0.0687. The third-order valence-electron chi connectivity index (χ3n) is 3.87. The van der Waals surface area contributed by atoms with Crippen LogP contribution in [0.5, 0.6) is 0 Å². The van der Waals surface area contributed by atoms with E-state index < -0.39 is 11.9 Å². The third kappa shape index (κ3) is 2.07. The van der Waals surface area contributed by atoms with Crippen molar-refractivity contribution in [3.8, 4) is 6.07 Å². The molecule has 0 saturated heterocycles. The number of carbonyl (C=O) groups is 1. The van der Waals surface area contributed by atoms with E-state index in [0.29, 0.717) is 11.1 Å². The lowest BCUT2D eigenvalue weighted by Crippen LogP contribution is -2.30. The van der Waals surface area contributed by atoms with Crippen molar-refractivity contribution in [1.82, 2.24) is 4.90 Å². The number of rotatable bonds is 2. The van der Waals surface area contributed by atoms with Crippen LogP contribution in [0.4, 0.5) is 4.39 Å². The van der Waals surface area contributed by atoms with Gasteiger partial charge in [0, 0.05) is 11.1 Å². The van der Waals surface area contributed by atoms with Gasteiger partial charge in [-0.1, -0.05) is 30.3 Å². The molecule has 2 atom stereocenters. The van der Waals surface area contributed by atoms with Gasteiger partial charge in [-0.05, 0) is 30.7 Å². The number of halogens is 1. The largest absolute Gasteiger partial charge is 0.312 e. The number of benzene rings is 2. The second kappa shape index (κ2) is 5.02. The number of nitrogens with zero attached hydrogens (tertiary/aromatic N) is 2. The molecule has 0 aromatic heterocycles. The van der Waals surface area contributed by atoms with Crippen LogP contribution in [0.25, 0.3) is 0 Å². The zero-order chi connectivity index (χ0) is 15.0. The summed E-state index contributed by atoms with van der Waals surface area (Å²) < 4.78 is 13.4. The van der Waals surface area contributed by atoms with Crippen molar-refractivity contribution >= 4 is 5.91 Å². The molecule has 2 unspecified atom stereocenters. The first-order valence-corrected chi connectivity index (χ1v) is 6.70. The van der Waals surface area contributed by atoms with E-state index in [4.69, 9.17) is 0 Å². The van der Waals surface area contributed by atoms with Gasteiger partial charge in [0.15, 0.2) is 0 Å². The van der Waals surface area contributed by atoms with E-state index in [1.807, 2.05) is 37.3 Å². The summed E-state index contributed by atoms with van der Waals surface area (Å²) in [6.45, 7) is 1.87. The summed E-state index contributed by atoms with van der Waals surface area (Å²) in [5.41, 5.74) is 1.80. The van der Waals surface area contributed by atoms with Crippen LogP contribution in [0.15, 0.2) is 48.5 Å². The lowest BCUT2D eigenvalue weighted by atomic mass is 10.0. The van der Waals surface area contributed by atoms with E-state index in [2.05, 4.69) is 6.07 Å². The summed E-state index contributed by atoms with van der Waals surface area (Å²) in [7, 11) is 0. The second-order valence-corrected chi connectivity index (χ2v) is 5.06. The quantitative estimate of drug-likeness (QED) is 0.843. The summed E-state index contributed by atoms with van der Waals surface area (Å²) >= 11 is 0. The van der Waals surface area contributed by atoms with E-state index in [9.17, 15) is 14.4 Å². The Morgan fingerprint density at radius 1 is 1.24 bits per heavy atom. The summed E-state index contributed by atoms with van der Waals surface area (Å²) in [4.78, 5) is 14.1. The summed E-state index contributed by atoms with van der Waals surface area (Å²) in [5, 5.41) is 9.42. The van der Waals surface area contributed by atoms with Crippen LogP contribution < -0.4 is 0 Å². The Bertz CT molecular complexity index is 736. The molecule has 4 heteroatoms. The molecule has 1 aliphatic rings. The Labute approximate surface area is 122 Å². The van der Waals surface area contributed by atoms with Gasteiger partial charge in [0.05, 0.1) is 12.1 Å². The van der Waals surface area contributed by atoms with E-state index in [-0.39, 0.29) is 11.9 Å². The Morgan fingerprint density at radius 2 is 1.95 bits per heavy atom. The topological polar surface area (TPSA) is 44.1 Å². The van der Waals surface area contributed by atoms with Crippen molar-refractivity contribution in [3.05, 3.63) is 71.0 Å². The monoisotopic (exact) mass is 280 g/mol. The van der Waals surface area contributed by atoms with Crippen LogP contribution in [0.1, 0.15) is 40.5 Å². The molecule has 1 aliphatic heterocycles. The van der Waals surface area contributed by atoms with Gasteiger partial charge in [-0.15, -0.1) is 0 Å². The summed E-state index contributed by atoms with van der Waals surface area (Å²) in [6.07, 6.45) is 0. The fourth-order valence-corrected chi connectivity index (χ4v) is 2.78. The number of fused-ring (bicyclic) bond motifs is 1. The highest BCUT2D eigenvalue weighted by Crippen LogP contribution is 2.39. The lowest BCUT2D eigenvalue weighted by Gasteiger charge is -2.27. The number of nitriles is 1. The molecule has 2 aromatic rings. The molecule has 1 amide bonds. The van der Waals surface area contributed by atoms with E-state index in [1.165, 1.54) is 23.1 Å². The van der Waals surface area contributed by atoms with Gasteiger partial charge in [0.25, 0.3) is 5.91 Å². The zero-order valence-electron chi connectivity index (χ0n) is 11.5. The van der Waals surface area contributed by atoms with Gasteiger partial charge in [0.1, 0.15) is 11.9 Å². The minimum atomic E-state index is -0.751. The number of hydrogen-bond acceptors (Lipinski definition) is 2. The third-order valence-corrected chi connectivity index (χ3v) is 3.87. The van der Waals surface area contributed by atoms with Gasteiger partial charge in [-0.25, -0.2) is 4.39 Å². The Kier molecular flexibility index (Phi) is 3.19. The van der Waals surface area contributed by atoms with E-state index in [1.54, 1.807) is 0 Å². The predicted octanol–water partition coefficient (Wildman–Crippen LogP) is 3.61. The molecule has 3 nitrogen and oxygen atoms in total. The van der Waals surface area contributed by atoms with Crippen LogP contribution in [0.3, 0.4) is 0 Å². The number of carbonyl (C=O) groups excluding carboxylic acids is 1. The van der Waals surface area contributed by atoms with Crippen molar-refractivity contribution in [2.45, 2.75) is 19.0 Å². The molecule has 0 N–H and O–H groups in total. The standard InChI is InChI=1S/C17H13FN2O/c1-11(12-5-3-2-4-6-12)20-16(10-19)15-9-13(18)7-8-14(15)17(20)21/h2-9,11,16H,1H3. The van der Waals surface area contributed by atoms with Crippen molar-refractivity contribution in [2.24, 2.45) is 0 Å². The smallest absolute Gasteiger partial charge is 0.256 e. The normalized spacial score (nSPS) is 18.2. The molecular weight excluding hydrogens is 267 g/mol. The first-order valence-electron chi connectivity index (χ1n) is 6.70. The Morgan fingerprint density at radius 3 is 2.62 bits per heavy atom. The molecule has 0 fully saturated rings. The highest BCUT2D eigenvalue weighted by atomic mass is 19.1. The fourth-order valence-electron chi connectivity index (χ4n) is 2.78. The van der Waals surface area contributed by atoms with Crippen molar-refractivity contribution < 1.29 is 9.18 Å². The molecule has 0 radical (unpaired) electrons. The first kappa shape index (κ1) is 13.3. The maximum Gasteiger partial charge on any atom is 0.256 e. The van der Waals surface area contributed by atoms with Crippen molar-refractivity contribution in [3.63, 3.8) is 0 Å². The molecule has 0 spiro atoms. The average molecular weight is 280 g/mol. The molecule has 0 saturated carbocycles. The summed E-state index contributed by atoms with van der Waals surface area (Å²) in [6, 6.07) is 14.6. The van der Waals surface area contributed by atoms with Crippen LogP contribution in [0, 0.1) is 17.1 Å². The van der Waals surface area contributed by atoms with Gasteiger partial charge >= 0.3 is 0 Å². The minimum absolute atomic E-state index is 0.229. The van der Waals surface area contributed by atoms with Crippen molar-refractivity contribution in [2.75, 3.05) is 0 Å². The minimum Gasteiger partial charge on any atom is -0.312 e. The molecule has 0 bridgehead atoms. The van der Waals surface area contributed by atoms with Crippen molar-refractivity contribution in [1.29, 1.82) is 5.26 Å². The SMILES string of the molecule is CC(c1ccccc1)N1C(=O)c2ccc(F)cc2C1C#N. The molecule has 2 aromatic carbocycles. The maximum absolute atomic E-state index is 13.4. The highest BCUT2D eigenvalue weighted by molar-refractivity contribution is 6.00. The average Bonchev–Trinajstić information content (AvgIpc) is 2.79. The number of hydrogen-bond donors (Lipinski definition) is 0. The summed E-state index contributed by atoms with van der Waals surface area (Å²) in [5.74, 6) is -0.663. The van der Waals surface area contributed by atoms with E-state index in [0.717, 1.165) is 5.56 Å². The Hall–Kier alpha value is -2.67. The molecule has 104 valence electrons. The first-order chi connectivity index (χ1) is 10.1. The fraction of sp³-hybridized carbons (Fsp3) is 0.176. The molecule has 3 rings (SSSR count). The van der Waals surface area contributed by atoms with E-state index >= 15 is 0 Å². The van der Waals surface area contributed by atoms with Crippen LogP contribution in [0.2, 0.25) is 0 Å². The van der Waals surface area contributed by atoms with Crippen LogP contribution in [-0.2, 0) is 0 Å². The molecular formula is C17H13FN2O. The van der Waals surface area contributed by atoms with Gasteiger partial charge < -0.3 is 4.90 Å². The van der Waals surface area contributed by atoms with Crippen LogP contribution >= 0.6 is 0 Å². The zero-order valence-corrected chi connectivity index (χ0v) is 11.5.